The maximum atomic E-state index is 11.0. The largest absolute Gasteiger partial charge is 0.294 e. The Morgan fingerprint density at radius 2 is 1.45 bits per heavy atom. The summed E-state index contributed by atoms with van der Waals surface area (Å²) in [5, 5.41) is 17.9. The van der Waals surface area contributed by atoms with Crippen LogP contribution in [0.1, 0.15) is 29.7 Å². The van der Waals surface area contributed by atoms with Crippen molar-refractivity contribution in [3.05, 3.63) is 112 Å². The first-order chi connectivity index (χ1) is 15.1. The predicted molar refractivity (Wildman–Crippen MR) is 123 cm³/mol. The molecule has 1 saturated heterocycles. The number of rotatable bonds is 6. The second kappa shape index (κ2) is 9.53. The summed E-state index contributed by atoms with van der Waals surface area (Å²) in [7, 11) is 0. The SMILES string of the molecule is C/C(=N\N1CCN(C(c2ccccc2)c2ccccc2)CC1)c1cccc([N+](=O)[O-])c1. The van der Waals surface area contributed by atoms with Crippen molar-refractivity contribution >= 4 is 11.4 Å². The Bertz CT molecular complexity index is 1010. The van der Waals surface area contributed by atoms with Gasteiger partial charge in [0, 0.05) is 43.9 Å². The number of hydrazone groups is 1. The summed E-state index contributed by atoms with van der Waals surface area (Å²) in [6.07, 6.45) is 0. The lowest BCUT2D eigenvalue weighted by molar-refractivity contribution is -0.384. The van der Waals surface area contributed by atoms with Gasteiger partial charge in [0.2, 0.25) is 0 Å². The fourth-order valence-electron chi connectivity index (χ4n) is 4.07. The summed E-state index contributed by atoms with van der Waals surface area (Å²) in [6, 6.07) is 28.1. The third-order valence-corrected chi connectivity index (χ3v) is 5.65. The lowest BCUT2D eigenvalue weighted by Crippen LogP contribution is -2.46. The fraction of sp³-hybridized carbons (Fsp3) is 0.240. The van der Waals surface area contributed by atoms with Crippen molar-refractivity contribution < 1.29 is 4.92 Å². The van der Waals surface area contributed by atoms with Gasteiger partial charge in [0.25, 0.3) is 5.69 Å². The average Bonchev–Trinajstić information content (AvgIpc) is 2.82. The van der Waals surface area contributed by atoms with Gasteiger partial charge >= 0.3 is 0 Å². The van der Waals surface area contributed by atoms with E-state index in [0.717, 1.165) is 37.5 Å². The molecule has 0 atom stereocenters. The van der Waals surface area contributed by atoms with Crippen LogP contribution >= 0.6 is 0 Å². The van der Waals surface area contributed by atoms with Gasteiger partial charge < -0.3 is 0 Å². The zero-order chi connectivity index (χ0) is 21.6. The molecule has 31 heavy (non-hydrogen) atoms. The number of hydrogen-bond acceptors (Lipinski definition) is 5. The standard InChI is InChI=1S/C25H26N4O2/c1-20(23-13-8-14-24(19-23)29(30)31)26-28-17-15-27(16-18-28)25(21-9-4-2-5-10-21)22-11-6-3-7-12-22/h2-14,19,25H,15-18H2,1H3/b26-20+. The Morgan fingerprint density at radius 1 is 0.871 bits per heavy atom. The second-order valence-corrected chi connectivity index (χ2v) is 7.71. The molecule has 6 heteroatoms. The van der Waals surface area contributed by atoms with Gasteiger partial charge in [-0.25, -0.2) is 0 Å². The van der Waals surface area contributed by atoms with Gasteiger partial charge in [0.15, 0.2) is 0 Å². The van der Waals surface area contributed by atoms with Gasteiger partial charge in [-0.1, -0.05) is 72.8 Å². The first-order valence-corrected chi connectivity index (χ1v) is 10.5. The third-order valence-electron chi connectivity index (χ3n) is 5.65. The van der Waals surface area contributed by atoms with Crippen LogP contribution in [0.4, 0.5) is 5.69 Å². The maximum Gasteiger partial charge on any atom is 0.270 e. The molecule has 1 aliphatic rings. The van der Waals surface area contributed by atoms with Crippen molar-refractivity contribution in [2.24, 2.45) is 5.10 Å². The number of piperazine rings is 1. The van der Waals surface area contributed by atoms with Crippen molar-refractivity contribution in [2.75, 3.05) is 26.2 Å². The van der Waals surface area contributed by atoms with Crippen LogP contribution in [-0.4, -0.2) is 46.7 Å². The zero-order valence-corrected chi connectivity index (χ0v) is 17.6. The molecule has 0 radical (unpaired) electrons. The van der Waals surface area contributed by atoms with Crippen molar-refractivity contribution in [3.8, 4) is 0 Å². The van der Waals surface area contributed by atoms with Crippen LogP contribution in [0, 0.1) is 10.1 Å². The molecule has 0 bridgehead atoms. The molecule has 3 aromatic carbocycles. The number of non-ortho nitro benzene ring substituents is 1. The van der Waals surface area contributed by atoms with E-state index < -0.39 is 0 Å². The monoisotopic (exact) mass is 414 g/mol. The highest BCUT2D eigenvalue weighted by Gasteiger charge is 2.26. The average molecular weight is 415 g/mol. The van der Waals surface area contributed by atoms with Crippen molar-refractivity contribution in [1.29, 1.82) is 0 Å². The predicted octanol–water partition coefficient (Wildman–Crippen LogP) is 4.73. The summed E-state index contributed by atoms with van der Waals surface area (Å²) in [5.41, 5.74) is 4.24. The number of nitro benzene ring substituents is 1. The van der Waals surface area contributed by atoms with Crippen LogP contribution in [0.3, 0.4) is 0 Å². The van der Waals surface area contributed by atoms with E-state index in [1.807, 2.05) is 13.0 Å². The summed E-state index contributed by atoms with van der Waals surface area (Å²) >= 11 is 0. The van der Waals surface area contributed by atoms with Crippen LogP contribution in [0.5, 0.6) is 0 Å². The molecule has 0 amide bonds. The van der Waals surface area contributed by atoms with E-state index in [2.05, 4.69) is 70.6 Å². The van der Waals surface area contributed by atoms with Gasteiger partial charge in [-0.15, -0.1) is 0 Å². The van der Waals surface area contributed by atoms with Crippen LogP contribution in [-0.2, 0) is 0 Å². The number of nitrogens with zero attached hydrogens (tertiary/aromatic N) is 4. The lowest BCUT2D eigenvalue weighted by Gasteiger charge is -2.39. The molecule has 3 aromatic rings. The summed E-state index contributed by atoms with van der Waals surface area (Å²) in [5.74, 6) is 0. The van der Waals surface area contributed by atoms with E-state index in [0.29, 0.717) is 0 Å². The molecule has 0 unspecified atom stereocenters. The van der Waals surface area contributed by atoms with Crippen LogP contribution < -0.4 is 0 Å². The van der Waals surface area contributed by atoms with E-state index in [-0.39, 0.29) is 16.7 Å². The molecule has 158 valence electrons. The normalized spacial score (nSPS) is 15.3. The Morgan fingerprint density at radius 3 is 2.00 bits per heavy atom. The highest BCUT2D eigenvalue weighted by Crippen LogP contribution is 2.29. The minimum absolute atomic E-state index is 0.0884. The Hall–Kier alpha value is -3.51. The highest BCUT2D eigenvalue weighted by atomic mass is 16.6. The number of hydrogen-bond donors (Lipinski definition) is 0. The third kappa shape index (κ3) is 4.98. The smallest absolute Gasteiger partial charge is 0.270 e. The molecular formula is C25H26N4O2. The highest BCUT2D eigenvalue weighted by molar-refractivity contribution is 5.99. The van der Waals surface area contributed by atoms with Crippen molar-refractivity contribution in [3.63, 3.8) is 0 Å². The van der Waals surface area contributed by atoms with Gasteiger partial charge in [-0.2, -0.15) is 5.10 Å². The number of benzene rings is 3. The molecule has 0 aliphatic carbocycles. The summed E-state index contributed by atoms with van der Waals surface area (Å²) < 4.78 is 0. The van der Waals surface area contributed by atoms with Gasteiger partial charge in [0.1, 0.15) is 0 Å². The van der Waals surface area contributed by atoms with E-state index in [1.54, 1.807) is 12.1 Å². The minimum atomic E-state index is -0.372. The molecule has 1 fully saturated rings. The molecule has 0 N–H and O–H groups in total. The Kier molecular flexibility index (Phi) is 6.38. The quantitative estimate of drug-likeness (QED) is 0.332. The fourth-order valence-corrected chi connectivity index (χ4v) is 4.07. The molecule has 0 spiro atoms. The van der Waals surface area contributed by atoms with Gasteiger partial charge in [0.05, 0.1) is 16.7 Å². The topological polar surface area (TPSA) is 62.0 Å². The van der Waals surface area contributed by atoms with E-state index in [4.69, 9.17) is 5.10 Å². The Labute approximate surface area is 182 Å². The Balaban J connectivity index is 1.48. The summed E-state index contributed by atoms with van der Waals surface area (Å²) in [6.45, 7) is 5.30. The molecule has 4 rings (SSSR count). The first kappa shape index (κ1) is 20.8. The lowest BCUT2D eigenvalue weighted by atomic mass is 9.96. The van der Waals surface area contributed by atoms with Crippen LogP contribution in [0.2, 0.25) is 0 Å². The molecule has 0 saturated carbocycles. The maximum absolute atomic E-state index is 11.0. The molecule has 6 nitrogen and oxygen atoms in total. The van der Waals surface area contributed by atoms with Crippen molar-refractivity contribution in [2.45, 2.75) is 13.0 Å². The minimum Gasteiger partial charge on any atom is -0.294 e. The van der Waals surface area contributed by atoms with Crippen molar-refractivity contribution in [1.82, 2.24) is 9.91 Å². The first-order valence-electron chi connectivity index (χ1n) is 10.5. The van der Waals surface area contributed by atoms with Gasteiger partial charge in [-0.05, 0) is 18.1 Å². The van der Waals surface area contributed by atoms with E-state index in [1.165, 1.54) is 17.2 Å². The zero-order valence-electron chi connectivity index (χ0n) is 17.6. The van der Waals surface area contributed by atoms with Crippen LogP contribution in [0.15, 0.2) is 90.0 Å². The van der Waals surface area contributed by atoms with E-state index >= 15 is 0 Å². The number of nitro groups is 1. The second-order valence-electron chi connectivity index (χ2n) is 7.71. The molecular weight excluding hydrogens is 388 g/mol. The summed E-state index contributed by atoms with van der Waals surface area (Å²) in [4.78, 5) is 13.2. The molecule has 0 aromatic heterocycles. The van der Waals surface area contributed by atoms with Crippen LogP contribution in [0.25, 0.3) is 0 Å². The molecule has 1 aliphatic heterocycles. The molecule has 1 heterocycles. The van der Waals surface area contributed by atoms with Gasteiger partial charge in [-0.3, -0.25) is 20.0 Å². The van der Waals surface area contributed by atoms with E-state index in [9.17, 15) is 10.1 Å².